The Balaban J connectivity index is 1.40. The molecule has 1 saturated heterocycles. The molecule has 0 bridgehead atoms. The Morgan fingerprint density at radius 3 is 2.68 bits per heavy atom. The lowest BCUT2D eigenvalue weighted by Crippen LogP contribution is -2.37. The number of aryl methyl sites for hydroxylation is 1. The zero-order chi connectivity index (χ0) is 26.7. The number of nitrogens with zero attached hydrogens (tertiary/aromatic N) is 5. The van der Waals surface area contributed by atoms with Gasteiger partial charge in [-0.2, -0.15) is 14.6 Å². The summed E-state index contributed by atoms with van der Waals surface area (Å²) in [7, 11) is 0. The van der Waals surface area contributed by atoms with Gasteiger partial charge in [0, 0.05) is 32.2 Å². The SMILES string of the molecule is Cc1cc(CNC(=O)c2cc(C(=O)NC[C@H]3CCN(C(=O)OC(C)(C)C)C3)n3ncnc3n2)ccc1F. The van der Waals surface area contributed by atoms with Crippen molar-refractivity contribution in [2.75, 3.05) is 19.6 Å². The molecule has 1 atom stereocenters. The molecule has 1 aliphatic heterocycles. The van der Waals surface area contributed by atoms with Gasteiger partial charge in [0.2, 0.25) is 0 Å². The number of carbonyl (C=O) groups excluding carboxylic acids is 3. The van der Waals surface area contributed by atoms with Gasteiger partial charge in [-0.15, -0.1) is 0 Å². The first-order valence-electron chi connectivity index (χ1n) is 12.0. The van der Waals surface area contributed by atoms with Gasteiger partial charge in [-0.05, 0) is 57.2 Å². The van der Waals surface area contributed by atoms with E-state index in [9.17, 15) is 18.8 Å². The first-order valence-corrected chi connectivity index (χ1v) is 12.0. The van der Waals surface area contributed by atoms with Gasteiger partial charge in [-0.25, -0.2) is 14.2 Å². The molecule has 3 heterocycles. The van der Waals surface area contributed by atoms with Crippen molar-refractivity contribution >= 4 is 23.7 Å². The summed E-state index contributed by atoms with van der Waals surface area (Å²) in [5.41, 5.74) is 0.736. The highest BCUT2D eigenvalue weighted by Gasteiger charge is 2.30. The van der Waals surface area contributed by atoms with Crippen molar-refractivity contribution in [3.05, 3.63) is 58.9 Å². The number of hydrogen-bond acceptors (Lipinski definition) is 7. The molecule has 1 aromatic carbocycles. The molecule has 0 radical (unpaired) electrons. The summed E-state index contributed by atoms with van der Waals surface area (Å²) < 4.78 is 20.2. The molecule has 3 aromatic rings. The number of amides is 3. The molecule has 37 heavy (non-hydrogen) atoms. The van der Waals surface area contributed by atoms with Crippen LogP contribution < -0.4 is 10.6 Å². The van der Waals surface area contributed by atoms with Crippen LogP contribution in [-0.2, 0) is 11.3 Å². The van der Waals surface area contributed by atoms with Crippen LogP contribution in [0.1, 0.15) is 59.3 Å². The number of likely N-dealkylation sites (tertiary alicyclic amines) is 1. The van der Waals surface area contributed by atoms with Gasteiger partial charge >= 0.3 is 6.09 Å². The zero-order valence-corrected chi connectivity index (χ0v) is 21.2. The maximum Gasteiger partial charge on any atom is 0.410 e. The number of rotatable bonds is 6. The summed E-state index contributed by atoms with van der Waals surface area (Å²) in [5.74, 6) is -1.11. The minimum atomic E-state index is -0.574. The third-order valence-corrected chi connectivity index (χ3v) is 5.88. The fraction of sp³-hybridized carbons (Fsp3) is 0.440. The highest BCUT2D eigenvalue weighted by atomic mass is 19.1. The van der Waals surface area contributed by atoms with Crippen LogP contribution in [0.3, 0.4) is 0 Å². The van der Waals surface area contributed by atoms with E-state index in [1.165, 1.54) is 23.0 Å². The molecule has 2 aromatic heterocycles. The molecule has 4 rings (SSSR count). The van der Waals surface area contributed by atoms with Crippen LogP contribution in [0.15, 0.2) is 30.6 Å². The quantitative estimate of drug-likeness (QED) is 0.520. The number of carbonyl (C=O) groups is 3. The second kappa shape index (κ2) is 10.5. The van der Waals surface area contributed by atoms with Crippen LogP contribution >= 0.6 is 0 Å². The second-order valence-corrected chi connectivity index (χ2v) is 10.1. The van der Waals surface area contributed by atoms with E-state index in [1.807, 2.05) is 20.8 Å². The Hall–Kier alpha value is -4.09. The number of fused-ring (bicyclic) bond motifs is 1. The Bertz CT molecular complexity index is 1330. The molecule has 0 spiro atoms. The number of halogens is 1. The number of benzene rings is 1. The van der Waals surface area contributed by atoms with E-state index in [-0.39, 0.29) is 41.5 Å². The van der Waals surface area contributed by atoms with E-state index in [0.29, 0.717) is 25.2 Å². The molecule has 1 aliphatic rings. The van der Waals surface area contributed by atoms with Crippen LogP contribution in [0.2, 0.25) is 0 Å². The zero-order valence-electron chi connectivity index (χ0n) is 21.2. The van der Waals surface area contributed by atoms with Crippen molar-refractivity contribution in [1.29, 1.82) is 0 Å². The minimum Gasteiger partial charge on any atom is -0.444 e. The molecule has 0 aliphatic carbocycles. The van der Waals surface area contributed by atoms with Crippen molar-refractivity contribution in [2.24, 2.45) is 5.92 Å². The van der Waals surface area contributed by atoms with Crippen LogP contribution in [0, 0.1) is 18.7 Å². The standard InChI is InChI=1S/C25H30FN7O4/c1-15-9-16(5-6-18(15)26)11-27-21(34)19-10-20(33-23(31-19)29-14-30-33)22(35)28-12-17-7-8-32(13-17)24(36)37-25(2,3)4/h5-6,9-10,14,17H,7-8,11-13H2,1-4H3,(H,27,34)(H,28,35)/t17-/m1/s1. The fourth-order valence-electron chi connectivity index (χ4n) is 4.00. The summed E-state index contributed by atoms with van der Waals surface area (Å²) in [6.45, 7) is 8.62. The Kier molecular flexibility index (Phi) is 7.37. The van der Waals surface area contributed by atoms with E-state index in [4.69, 9.17) is 4.74 Å². The summed E-state index contributed by atoms with van der Waals surface area (Å²) in [4.78, 5) is 48.0. The molecule has 196 valence electrons. The van der Waals surface area contributed by atoms with Gasteiger partial charge in [-0.1, -0.05) is 12.1 Å². The van der Waals surface area contributed by atoms with Crippen LogP contribution in [0.25, 0.3) is 5.78 Å². The van der Waals surface area contributed by atoms with Crippen molar-refractivity contribution in [3.8, 4) is 0 Å². The maximum atomic E-state index is 13.5. The summed E-state index contributed by atoms with van der Waals surface area (Å²) in [6, 6.07) is 5.93. The van der Waals surface area contributed by atoms with Crippen LogP contribution in [0.5, 0.6) is 0 Å². The second-order valence-electron chi connectivity index (χ2n) is 10.1. The van der Waals surface area contributed by atoms with E-state index in [2.05, 4.69) is 25.7 Å². The average molecular weight is 512 g/mol. The van der Waals surface area contributed by atoms with Crippen molar-refractivity contribution in [2.45, 2.75) is 46.3 Å². The summed E-state index contributed by atoms with van der Waals surface area (Å²) in [5, 5.41) is 9.64. The highest BCUT2D eigenvalue weighted by Crippen LogP contribution is 2.19. The maximum absolute atomic E-state index is 13.5. The first kappa shape index (κ1) is 26.0. The Labute approximate surface area is 213 Å². The van der Waals surface area contributed by atoms with Gasteiger partial charge in [-0.3, -0.25) is 9.59 Å². The van der Waals surface area contributed by atoms with E-state index < -0.39 is 17.4 Å². The third-order valence-electron chi connectivity index (χ3n) is 5.88. The largest absolute Gasteiger partial charge is 0.444 e. The fourth-order valence-corrected chi connectivity index (χ4v) is 4.00. The molecule has 2 N–H and O–H groups in total. The van der Waals surface area contributed by atoms with Gasteiger partial charge in [0.05, 0.1) is 0 Å². The van der Waals surface area contributed by atoms with Crippen molar-refractivity contribution in [1.82, 2.24) is 35.1 Å². The molecule has 12 heteroatoms. The highest BCUT2D eigenvalue weighted by molar-refractivity contribution is 5.98. The van der Waals surface area contributed by atoms with E-state index in [0.717, 1.165) is 12.0 Å². The minimum absolute atomic E-state index is 0.00134. The topological polar surface area (TPSA) is 131 Å². The lowest BCUT2D eigenvalue weighted by Gasteiger charge is -2.24. The lowest BCUT2D eigenvalue weighted by molar-refractivity contribution is 0.0288. The monoisotopic (exact) mass is 511 g/mol. The molecule has 1 fully saturated rings. The third kappa shape index (κ3) is 6.38. The van der Waals surface area contributed by atoms with Gasteiger partial charge in [0.1, 0.15) is 29.1 Å². The molecule has 3 amide bonds. The number of ether oxygens (including phenoxy) is 1. The van der Waals surface area contributed by atoms with E-state index >= 15 is 0 Å². The lowest BCUT2D eigenvalue weighted by atomic mass is 10.1. The predicted molar refractivity (Wildman–Crippen MR) is 131 cm³/mol. The Morgan fingerprint density at radius 1 is 1.16 bits per heavy atom. The average Bonchev–Trinajstić information content (AvgIpc) is 3.51. The molecular formula is C25H30FN7O4. The van der Waals surface area contributed by atoms with E-state index in [1.54, 1.807) is 24.0 Å². The van der Waals surface area contributed by atoms with Gasteiger partial charge in [0.15, 0.2) is 0 Å². The number of aromatic nitrogens is 4. The normalized spacial score (nSPS) is 15.6. The predicted octanol–water partition coefficient (Wildman–Crippen LogP) is 2.49. The Morgan fingerprint density at radius 2 is 1.95 bits per heavy atom. The van der Waals surface area contributed by atoms with Gasteiger partial charge in [0.25, 0.3) is 17.6 Å². The summed E-state index contributed by atoms with van der Waals surface area (Å²) >= 11 is 0. The molecule has 0 saturated carbocycles. The molecular weight excluding hydrogens is 481 g/mol. The molecule has 0 unspecified atom stereocenters. The summed E-state index contributed by atoms with van der Waals surface area (Å²) in [6.07, 6.45) is 1.61. The van der Waals surface area contributed by atoms with Crippen molar-refractivity contribution in [3.63, 3.8) is 0 Å². The van der Waals surface area contributed by atoms with Gasteiger partial charge < -0.3 is 20.3 Å². The number of nitrogens with one attached hydrogen (secondary N) is 2. The van der Waals surface area contributed by atoms with Crippen LogP contribution in [0.4, 0.5) is 9.18 Å². The van der Waals surface area contributed by atoms with Crippen LogP contribution in [-0.4, -0.2) is 67.6 Å². The molecule has 11 nitrogen and oxygen atoms in total. The smallest absolute Gasteiger partial charge is 0.410 e. The van der Waals surface area contributed by atoms with Crippen molar-refractivity contribution < 1.29 is 23.5 Å². The first-order chi connectivity index (χ1) is 17.5. The number of hydrogen-bond donors (Lipinski definition) is 2.